The Morgan fingerprint density at radius 3 is 2.33 bits per heavy atom. The highest BCUT2D eigenvalue weighted by Gasteiger charge is 2.17. The van der Waals surface area contributed by atoms with E-state index in [0.717, 1.165) is 0 Å². The lowest BCUT2D eigenvalue weighted by Crippen LogP contribution is -2.38. The van der Waals surface area contributed by atoms with Crippen molar-refractivity contribution in [2.75, 3.05) is 5.75 Å². The Morgan fingerprint density at radius 1 is 1.40 bits per heavy atom. The third-order valence-corrected chi connectivity index (χ3v) is 2.37. The van der Waals surface area contributed by atoms with Gasteiger partial charge in [0.1, 0.15) is 5.60 Å². The fraction of sp³-hybridized carbons (Fsp3) is 0.800. The average molecular weight is 233 g/mol. The van der Waals surface area contributed by atoms with Crippen molar-refractivity contribution in [1.29, 1.82) is 0 Å². The largest absolute Gasteiger partial charge is 0.444 e. The van der Waals surface area contributed by atoms with Crippen LogP contribution in [0.2, 0.25) is 0 Å². The van der Waals surface area contributed by atoms with E-state index in [1.54, 1.807) is 0 Å². The van der Waals surface area contributed by atoms with Gasteiger partial charge < -0.3 is 10.1 Å². The third kappa shape index (κ3) is 9.59. The first-order valence-electron chi connectivity index (χ1n) is 4.83. The van der Waals surface area contributed by atoms with Crippen molar-refractivity contribution in [3.05, 3.63) is 0 Å². The minimum absolute atomic E-state index is 0.0489. The van der Waals surface area contributed by atoms with Gasteiger partial charge in [0.05, 0.1) is 0 Å². The molecule has 0 radical (unpaired) electrons. The number of alkyl carbamates (subject to hydrolysis) is 1. The molecular weight excluding hydrogens is 214 g/mol. The van der Waals surface area contributed by atoms with E-state index >= 15 is 0 Å². The van der Waals surface area contributed by atoms with Gasteiger partial charge in [-0.05, 0) is 27.7 Å². The van der Waals surface area contributed by atoms with Gasteiger partial charge in [0.15, 0.2) is 5.12 Å². The van der Waals surface area contributed by atoms with E-state index in [1.807, 2.05) is 27.7 Å². The second-order valence-electron chi connectivity index (χ2n) is 4.35. The van der Waals surface area contributed by atoms with E-state index < -0.39 is 11.7 Å². The Morgan fingerprint density at radius 2 is 1.93 bits per heavy atom. The minimum Gasteiger partial charge on any atom is -0.444 e. The summed E-state index contributed by atoms with van der Waals surface area (Å²) in [6.45, 7) is 8.76. The lowest BCUT2D eigenvalue weighted by molar-refractivity contribution is -0.109. The van der Waals surface area contributed by atoms with Gasteiger partial charge in [-0.3, -0.25) is 4.79 Å². The maximum Gasteiger partial charge on any atom is 0.407 e. The van der Waals surface area contributed by atoms with Crippen LogP contribution < -0.4 is 5.32 Å². The number of hydrogen-bond donors (Lipinski definition) is 1. The summed E-state index contributed by atoms with van der Waals surface area (Å²) in [5.41, 5.74) is -0.489. The van der Waals surface area contributed by atoms with Crippen LogP contribution in [0.15, 0.2) is 0 Å². The second-order valence-corrected chi connectivity index (χ2v) is 5.55. The van der Waals surface area contributed by atoms with Crippen molar-refractivity contribution in [2.45, 2.75) is 46.3 Å². The molecule has 0 heterocycles. The Bertz CT molecular complexity index is 235. The van der Waals surface area contributed by atoms with Gasteiger partial charge in [-0.25, -0.2) is 4.79 Å². The van der Waals surface area contributed by atoms with Crippen LogP contribution in [-0.4, -0.2) is 28.6 Å². The van der Waals surface area contributed by atoms with E-state index in [0.29, 0.717) is 5.75 Å². The van der Waals surface area contributed by atoms with Crippen molar-refractivity contribution >= 4 is 23.0 Å². The highest BCUT2D eigenvalue weighted by molar-refractivity contribution is 8.13. The van der Waals surface area contributed by atoms with Crippen LogP contribution in [0.1, 0.15) is 34.6 Å². The number of amides is 1. The van der Waals surface area contributed by atoms with Gasteiger partial charge in [-0.15, -0.1) is 0 Å². The van der Waals surface area contributed by atoms with Gasteiger partial charge in [0, 0.05) is 18.7 Å². The Balaban J connectivity index is 3.81. The van der Waals surface area contributed by atoms with Gasteiger partial charge >= 0.3 is 6.09 Å². The summed E-state index contributed by atoms with van der Waals surface area (Å²) >= 11 is 1.19. The molecule has 0 rings (SSSR count). The van der Waals surface area contributed by atoms with Crippen molar-refractivity contribution in [2.24, 2.45) is 0 Å². The molecule has 0 aliphatic carbocycles. The fourth-order valence-corrected chi connectivity index (χ4v) is 1.36. The molecule has 0 aliphatic heterocycles. The number of hydrogen-bond acceptors (Lipinski definition) is 4. The summed E-state index contributed by atoms with van der Waals surface area (Å²) in [5.74, 6) is 0.564. The zero-order valence-electron chi connectivity index (χ0n) is 9.92. The van der Waals surface area contributed by atoms with Crippen molar-refractivity contribution < 1.29 is 14.3 Å². The molecule has 0 spiro atoms. The summed E-state index contributed by atoms with van der Waals surface area (Å²) in [5, 5.41) is 2.71. The molecule has 0 aromatic heterocycles. The van der Waals surface area contributed by atoms with Crippen LogP contribution in [0.5, 0.6) is 0 Å². The topological polar surface area (TPSA) is 55.4 Å². The molecule has 0 saturated heterocycles. The molecule has 0 bridgehead atoms. The van der Waals surface area contributed by atoms with Crippen LogP contribution in [0.4, 0.5) is 4.79 Å². The average Bonchev–Trinajstić information content (AvgIpc) is 1.96. The molecule has 0 unspecified atom stereocenters. The SMILES string of the molecule is CC(=O)SC[C@H](C)NC(=O)OC(C)(C)C. The molecule has 15 heavy (non-hydrogen) atoms. The van der Waals surface area contributed by atoms with Crippen LogP contribution >= 0.6 is 11.8 Å². The number of carbonyl (C=O) groups is 2. The Labute approximate surface area is 95.1 Å². The first-order chi connectivity index (χ1) is 6.70. The maximum absolute atomic E-state index is 11.3. The van der Waals surface area contributed by atoms with Crippen LogP contribution in [0.3, 0.4) is 0 Å². The molecule has 1 atom stereocenters. The lowest BCUT2D eigenvalue weighted by atomic mass is 10.2. The molecule has 4 nitrogen and oxygen atoms in total. The smallest absolute Gasteiger partial charge is 0.407 e. The highest BCUT2D eigenvalue weighted by atomic mass is 32.2. The summed E-state index contributed by atoms with van der Waals surface area (Å²) < 4.78 is 5.07. The van der Waals surface area contributed by atoms with Gasteiger partial charge in [0.25, 0.3) is 0 Å². The molecular formula is C10H19NO3S. The Hall–Kier alpha value is -0.710. The maximum atomic E-state index is 11.3. The van der Waals surface area contributed by atoms with E-state index in [1.165, 1.54) is 18.7 Å². The van der Waals surface area contributed by atoms with Crippen LogP contribution in [0.25, 0.3) is 0 Å². The van der Waals surface area contributed by atoms with Crippen molar-refractivity contribution in [3.8, 4) is 0 Å². The van der Waals surface area contributed by atoms with E-state index in [9.17, 15) is 9.59 Å². The normalized spacial score (nSPS) is 13.1. The molecule has 0 aromatic rings. The zero-order chi connectivity index (χ0) is 12.1. The van der Waals surface area contributed by atoms with Gasteiger partial charge in [-0.2, -0.15) is 0 Å². The van der Waals surface area contributed by atoms with Crippen molar-refractivity contribution in [3.63, 3.8) is 0 Å². The first kappa shape index (κ1) is 14.3. The number of thioether (sulfide) groups is 1. The molecule has 0 aromatic carbocycles. The number of rotatable bonds is 3. The second kappa shape index (κ2) is 6.00. The van der Waals surface area contributed by atoms with E-state index in [-0.39, 0.29) is 11.2 Å². The Kier molecular flexibility index (Phi) is 5.72. The standard InChI is InChI=1S/C10H19NO3S/c1-7(6-15-8(2)12)11-9(13)14-10(3,4)5/h7H,6H2,1-5H3,(H,11,13)/t7-/m0/s1. The molecule has 5 heteroatoms. The quantitative estimate of drug-likeness (QED) is 0.811. The van der Waals surface area contributed by atoms with Crippen LogP contribution in [-0.2, 0) is 9.53 Å². The first-order valence-corrected chi connectivity index (χ1v) is 5.82. The summed E-state index contributed by atoms with van der Waals surface area (Å²) in [4.78, 5) is 22.0. The summed E-state index contributed by atoms with van der Waals surface area (Å²) in [7, 11) is 0. The lowest BCUT2D eigenvalue weighted by Gasteiger charge is -2.21. The molecule has 0 saturated carbocycles. The van der Waals surface area contributed by atoms with Crippen LogP contribution in [0, 0.1) is 0 Å². The van der Waals surface area contributed by atoms with E-state index in [2.05, 4.69) is 5.32 Å². The fourth-order valence-electron chi connectivity index (χ4n) is 0.793. The number of nitrogens with one attached hydrogen (secondary N) is 1. The predicted octanol–water partition coefficient (Wildman–Crippen LogP) is 2.18. The number of carbonyl (C=O) groups excluding carboxylic acids is 2. The molecule has 88 valence electrons. The molecule has 1 amide bonds. The van der Waals surface area contributed by atoms with Gasteiger partial charge in [0.2, 0.25) is 0 Å². The third-order valence-electron chi connectivity index (χ3n) is 1.30. The summed E-state index contributed by atoms with van der Waals surface area (Å²) in [6, 6.07) is -0.0752. The number of ether oxygens (including phenoxy) is 1. The predicted molar refractivity (Wildman–Crippen MR) is 62.0 cm³/mol. The zero-order valence-corrected chi connectivity index (χ0v) is 10.7. The summed E-state index contributed by atoms with van der Waals surface area (Å²) in [6.07, 6.45) is -0.445. The molecule has 0 aliphatic rings. The molecule has 0 fully saturated rings. The monoisotopic (exact) mass is 233 g/mol. The van der Waals surface area contributed by atoms with E-state index in [4.69, 9.17) is 4.74 Å². The van der Waals surface area contributed by atoms with Gasteiger partial charge in [-0.1, -0.05) is 11.8 Å². The highest BCUT2D eigenvalue weighted by Crippen LogP contribution is 2.08. The minimum atomic E-state index is -0.489. The van der Waals surface area contributed by atoms with Crippen molar-refractivity contribution in [1.82, 2.24) is 5.32 Å². The molecule has 1 N–H and O–H groups in total.